The quantitative estimate of drug-likeness (QED) is 0.333. The summed E-state index contributed by atoms with van der Waals surface area (Å²) in [5.41, 5.74) is 0.359. The van der Waals surface area contributed by atoms with Crippen LogP contribution in [0.25, 0.3) is 0 Å². The monoisotopic (exact) mass is 311 g/mol. The Morgan fingerprint density at radius 2 is 1.91 bits per heavy atom. The molecule has 0 amide bonds. The number of carboxylic acid groups (broad SMARTS) is 1. The van der Waals surface area contributed by atoms with E-state index in [1.165, 1.54) is 26.2 Å². The van der Waals surface area contributed by atoms with Crippen LogP contribution >= 0.6 is 0 Å². The molecule has 0 bridgehead atoms. The Hall–Kier alpha value is -2.64. The van der Waals surface area contributed by atoms with Crippen molar-refractivity contribution in [2.75, 3.05) is 20.3 Å². The summed E-state index contributed by atoms with van der Waals surface area (Å²) in [5.74, 6) is -4.69. The molecule has 8 heteroatoms. The summed E-state index contributed by atoms with van der Waals surface area (Å²) >= 11 is 0. The second-order valence-corrected chi connectivity index (χ2v) is 4.46. The van der Waals surface area contributed by atoms with Gasteiger partial charge in [-0.3, -0.25) is 19.7 Å². The molecule has 1 aromatic rings. The van der Waals surface area contributed by atoms with Crippen molar-refractivity contribution in [2.45, 2.75) is 12.8 Å². The first kappa shape index (κ1) is 17.4. The first-order valence-electron chi connectivity index (χ1n) is 6.55. The molecule has 120 valence electrons. The molecule has 1 aromatic carbocycles. The van der Waals surface area contributed by atoms with Crippen molar-refractivity contribution in [3.8, 4) is 5.75 Å². The van der Waals surface area contributed by atoms with Gasteiger partial charge in [0.05, 0.1) is 19.6 Å². The van der Waals surface area contributed by atoms with Crippen molar-refractivity contribution in [1.82, 2.24) is 0 Å². The maximum Gasteiger partial charge on any atom is 0.321 e. The first-order chi connectivity index (χ1) is 10.4. The van der Waals surface area contributed by atoms with Crippen LogP contribution in [0.4, 0.5) is 0 Å². The van der Waals surface area contributed by atoms with E-state index >= 15 is 0 Å². The number of carbonyl (C=O) groups is 2. The zero-order chi connectivity index (χ0) is 16.7. The lowest BCUT2D eigenvalue weighted by atomic mass is 9.86. The molecule has 0 aliphatic rings. The van der Waals surface area contributed by atoms with Gasteiger partial charge in [-0.05, 0) is 24.6 Å². The van der Waals surface area contributed by atoms with E-state index in [0.29, 0.717) is 11.3 Å². The molecule has 1 rings (SSSR count). The van der Waals surface area contributed by atoms with Gasteiger partial charge in [0, 0.05) is 4.92 Å². The summed E-state index contributed by atoms with van der Waals surface area (Å²) in [6.45, 7) is 0.839. The number of hydrogen-bond donors (Lipinski definition) is 1. The van der Waals surface area contributed by atoms with Crippen molar-refractivity contribution >= 4 is 11.9 Å². The van der Waals surface area contributed by atoms with Crippen LogP contribution in [-0.4, -0.2) is 42.2 Å². The lowest BCUT2D eigenvalue weighted by Gasteiger charge is -2.20. The highest BCUT2D eigenvalue weighted by atomic mass is 16.6. The van der Waals surface area contributed by atoms with E-state index in [0.717, 1.165) is 0 Å². The van der Waals surface area contributed by atoms with Gasteiger partial charge in [-0.15, -0.1) is 0 Å². The highest BCUT2D eigenvalue weighted by molar-refractivity contribution is 5.95. The molecule has 0 aliphatic carbocycles. The number of methoxy groups -OCH3 is 1. The normalized spacial score (nSPS) is 13.0. The Bertz CT molecular complexity index is 541. The van der Waals surface area contributed by atoms with Gasteiger partial charge < -0.3 is 14.6 Å². The van der Waals surface area contributed by atoms with Crippen LogP contribution in [0, 0.1) is 16.0 Å². The predicted octanol–water partition coefficient (Wildman–Crippen LogP) is 1.32. The second kappa shape index (κ2) is 7.96. The Balaban J connectivity index is 3.19. The van der Waals surface area contributed by atoms with Gasteiger partial charge in [-0.25, -0.2) is 0 Å². The number of carboxylic acids is 1. The molecule has 0 radical (unpaired) electrons. The third-order valence-corrected chi connectivity index (χ3v) is 3.10. The van der Waals surface area contributed by atoms with Crippen molar-refractivity contribution in [3.63, 3.8) is 0 Å². The molecule has 2 unspecified atom stereocenters. The number of hydrogen-bond acceptors (Lipinski definition) is 6. The number of rotatable bonds is 8. The minimum Gasteiger partial charge on any atom is -0.497 e. The largest absolute Gasteiger partial charge is 0.497 e. The highest BCUT2D eigenvalue weighted by Crippen LogP contribution is 2.28. The third-order valence-electron chi connectivity index (χ3n) is 3.10. The number of nitrogens with zero attached hydrogens (tertiary/aromatic N) is 1. The van der Waals surface area contributed by atoms with E-state index in [-0.39, 0.29) is 6.61 Å². The summed E-state index contributed by atoms with van der Waals surface area (Å²) < 4.78 is 9.71. The van der Waals surface area contributed by atoms with Crippen LogP contribution in [0.3, 0.4) is 0 Å². The average molecular weight is 311 g/mol. The fourth-order valence-electron chi connectivity index (χ4n) is 2.08. The molecule has 8 nitrogen and oxygen atoms in total. The van der Waals surface area contributed by atoms with E-state index in [9.17, 15) is 24.8 Å². The van der Waals surface area contributed by atoms with Crippen molar-refractivity contribution in [2.24, 2.45) is 5.92 Å². The molecular formula is C14H17NO7. The SMILES string of the molecule is CCOC(=O)C(C(=O)O)C(C[N+](=O)[O-])c1ccc(OC)cc1. The van der Waals surface area contributed by atoms with Gasteiger partial charge >= 0.3 is 11.9 Å². The van der Waals surface area contributed by atoms with Gasteiger partial charge in [0.25, 0.3) is 0 Å². The number of esters is 1. The van der Waals surface area contributed by atoms with Crippen LogP contribution < -0.4 is 4.74 Å². The van der Waals surface area contributed by atoms with Crippen LogP contribution in [0.5, 0.6) is 5.75 Å². The summed E-state index contributed by atoms with van der Waals surface area (Å²) in [4.78, 5) is 33.4. The zero-order valence-corrected chi connectivity index (χ0v) is 12.2. The summed E-state index contributed by atoms with van der Waals surface area (Å²) in [7, 11) is 1.46. The maximum absolute atomic E-state index is 11.9. The topological polar surface area (TPSA) is 116 Å². The maximum atomic E-state index is 11.9. The van der Waals surface area contributed by atoms with Crippen LogP contribution in [-0.2, 0) is 14.3 Å². The van der Waals surface area contributed by atoms with Crippen molar-refractivity contribution in [3.05, 3.63) is 39.9 Å². The molecule has 0 spiro atoms. The van der Waals surface area contributed by atoms with Crippen LogP contribution in [0.2, 0.25) is 0 Å². The van der Waals surface area contributed by atoms with E-state index in [4.69, 9.17) is 9.47 Å². The minimum atomic E-state index is -1.64. The Labute approximate surface area is 126 Å². The van der Waals surface area contributed by atoms with Crippen LogP contribution in [0.1, 0.15) is 18.4 Å². The molecule has 0 saturated carbocycles. The first-order valence-corrected chi connectivity index (χ1v) is 6.55. The van der Waals surface area contributed by atoms with Gasteiger partial charge in [0.2, 0.25) is 6.54 Å². The Morgan fingerprint density at radius 1 is 1.32 bits per heavy atom. The molecular weight excluding hydrogens is 294 g/mol. The number of aliphatic carboxylic acids is 1. The fourth-order valence-corrected chi connectivity index (χ4v) is 2.08. The summed E-state index contributed by atoms with van der Waals surface area (Å²) in [6, 6.07) is 6.10. The third kappa shape index (κ3) is 4.44. The summed E-state index contributed by atoms with van der Waals surface area (Å²) in [6.07, 6.45) is 0. The molecule has 0 aromatic heterocycles. The van der Waals surface area contributed by atoms with E-state index in [1.807, 2.05) is 0 Å². The summed E-state index contributed by atoms with van der Waals surface area (Å²) in [5, 5.41) is 20.1. The van der Waals surface area contributed by atoms with E-state index < -0.39 is 35.2 Å². The molecule has 0 aliphatic heterocycles. The van der Waals surface area contributed by atoms with E-state index in [1.54, 1.807) is 12.1 Å². The molecule has 0 saturated heterocycles. The Morgan fingerprint density at radius 3 is 2.32 bits per heavy atom. The smallest absolute Gasteiger partial charge is 0.321 e. The number of benzene rings is 1. The average Bonchev–Trinajstić information content (AvgIpc) is 2.46. The van der Waals surface area contributed by atoms with Crippen molar-refractivity contribution in [1.29, 1.82) is 0 Å². The highest BCUT2D eigenvalue weighted by Gasteiger charge is 2.40. The van der Waals surface area contributed by atoms with E-state index in [2.05, 4.69) is 0 Å². The standard InChI is InChI=1S/C14H17NO7/c1-3-22-14(18)12(13(16)17)11(8-15(19)20)9-4-6-10(21-2)7-5-9/h4-7,11-12H,3,8H2,1-2H3,(H,16,17). The molecule has 0 heterocycles. The molecule has 1 N–H and O–H groups in total. The van der Waals surface area contributed by atoms with Crippen LogP contribution in [0.15, 0.2) is 24.3 Å². The number of nitro groups is 1. The molecule has 22 heavy (non-hydrogen) atoms. The lowest BCUT2D eigenvalue weighted by molar-refractivity contribution is -0.484. The van der Waals surface area contributed by atoms with Gasteiger partial charge in [-0.1, -0.05) is 12.1 Å². The fraction of sp³-hybridized carbons (Fsp3) is 0.429. The minimum absolute atomic E-state index is 0.00356. The Kier molecular flexibility index (Phi) is 6.30. The van der Waals surface area contributed by atoms with Gasteiger partial charge in [0.1, 0.15) is 5.75 Å². The van der Waals surface area contributed by atoms with Crippen molar-refractivity contribution < 1.29 is 29.1 Å². The zero-order valence-electron chi connectivity index (χ0n) is 12.2. The molecule has 2 atom stereocenters. The number of carbonyl (C=O) groups excluding carboxylic acids is 1. The lowest BCUT2D eigenvalue weighted by Crippen LogP contribution is -2.35. The number of ether oxygens (including phenoxy) is 2. The second-order valence-electron chi connectivity index (χ2n) is 4.46. The van der Waals surface area contributed by atoms with Gasteiger partial charge in [-0.2, -0.15) is 0 Å². The van der Waals surface area contributed by atoms with Gasteiger partial charge in [0.15, 0.2) is 5.92 Å². The molecule has 0 fully saturated rings. The predicted molar refractivity (Wildman–Crippen MR) is 75.4 cm³/mol.